The highest BCUT2D eigenvalue weighted by molar-refractivity contribution is 7.91. The monoisotopic (exact) mass is 403 g/mol. The van der Waals surface area contributed by atoms with E-state index in [0.717, 1.165) is 27.4 Å². The van der Waals surface area contributed by atoms with Crippen LogP contribution in [-0.4, -0.2) is 69.0 Å². The number of carbonyl (C=O) groups excluding carboxylic acids is 1. The van der Waals surface area contributed by atoms with Crippen molar-refractivity contribution in [1.29, 1.82) is 5.26 Å². The van der Waals surface area contributed by atoms with Crippen LogP contribution in [0.5, 0.6) is 0 Å². The highest BCUT2D eigenvalue weighted by Crippen LogP contribution is 2.31. The molecule has 3 heterocycles. The normalized spacial score (nSPS) is 24.5. The lowest BCUT2D eigenvalue weighted by Crippen LogP contribution is -2.53. The molecule has 0 bridgehead atoms. The average Bonchev–Trinajstić information content (AvgIpc) is 3.17. The van der Waals surface area contributed by atoms with E-state index in [2.05, 4.69) is 4.90 Å². The Hall–Kier alpha value is -2.77. The van der Waals surface area contributed by atoms with Gasteiger partial charge in [-0.3, -0.25) is 4.79 Å². The minimum absolute atomic E-state index is 0.219. The summed E-state index contributed by atoms with van der Waals surface area (Å²) in [5, 5.41) is 9.05. The number of hydrogen-bond donors (Lipinski definition) is 0. The Labute approximate surface area is 164 Å². The average molecular weight is 403 g/mol. The molecule has 0 aliphatic carbocycles. The second-order valence-corrected chi connectivity index (χ2v) is 8.54. The predicted octanol–water partition coefficient (Wildman–Crippen LogP) is 0.486. The van der Waals surface area contributed by atoms with E-state index in [4.69, 9.17) is 10.00 Å². The summed E-state index contributed by atoms with van der Waals surface area (Å²) in [5.74, 6) is -0.578. The standard InChI is InChI=1S/C18H21N5O4S/c19-14-20-6-4-17(13-20)23-18(24)5-7-22(28(23,25)26)16-3-1-2-15(12-16)21-8-10-27-11-9-21/h1-3,5,7,12,17H,4,6,8-11,13H2/t17-/m1/s1. The van der Waals surface area contributed by atoms with Crippen molar-refractivity contribution in [3.8, 4) is 6.19 Å². The number of carbonyl (C=O) groups is 1. The van der Waals surface area contributed by atoms with Crippen molar-refractivity contribution in [3.05, 3.63) is 36.5 Å². The number of hydrogen-bond acceptors (Lipinski definition) is 7. The van der Waals surface area contributed by atoms with E-state index in [1.807, 2.05) is 12.3 Å². The van der Waals surface area contributed by atoms with Crippen LogP contribution in [0.25, 0.3) is 0 Å². The molecule has 0 unspecified atom stereocenters. The lowest BCUT2D eigenvalue weighted by atomic mass is 10.2. The fourth-order valence-electron chi connectivity index (χ4n) is 3.75. The van der Waals surface area contributed by atoms with Gasteiger partial charge in [-0.15, -0.1) is 0 Å². The molecule has 148 valence electrons. The Morgan fingerprint density at radius 1 is 1.14 bits per heavy atom. The number of rotatable bonds is 3. The van der Waals surface area contributed by atoms with Crippen LogP contribution in [0.15, 0.2) is 36.5 Å². The molecule has 0 aromatic heterocycles. The van der Waals surface area contributed by atoms with Crippen LogP contribution >= 0.6 is 0 Å². The quantitative estimate of drug-likeness (QED) is 0.678. The molecule has 1 aromatic carbocycles. The molecular formula is C18H21N5O4S. The smallest absolute Gasteiger partial charge is 0.333 e. The van der Waals surface area contributed by atoms with Gasteiger partial charge in [0.05, 0.1) is 24.9 Å². The van der Waals surface area contributed by atoms with Gasteiger partial charge in [0.25, 0.3) is 5.91 Å². The molecule has 2 fully saturated rings. The van der Waals surface area contributed by atoms with Gasteiger partial charge in [-0.05, 0) is 24.6 Å². The molecule has 10 heteroatoms. The molecule has 9 nitrogen and oxygen atoms in total. The zero-order chi connectivity index (χ0) is 19.7. The van der Waals surface area contributed by atoms with Gasteiger partial charge in [-0.25, -0.2) is 8.61 Å². The number of anilines is 2. The van der Waals surface area contributed by atoms with E-state index in [1.165, 1.54) is 17.2 Å². The lowest BCUT2D eigenvalue weighted by Gasteiger charge is -2.35. The Bertz CT molecular complexity index is 936. The van der Waals surface area contributed by atoms with E-state index < -0.39 is 22.2 Å². The number of ether oxygens (including phenoxy) is 1. The lowest BCUT2D eigenvalue weighted by molar-refractivity contribution is -0.123. The molecule has 0 spiro atoms. The minimum Gasteiger partial charge on any atom is -0.378 e. The third-order valence-electron chi connectivity index (χ3n) is 5.16. The summed E-state index contributed by atoms with van der Waals surface area (Å²) in [7, 11) is -4.08. The third kappa shape index (κ3) is 3.27. The highest BCUT2D eigenvalue weighted by atomic mass is 32.2. The Balaban J connectivity index is 1.64. The van der Waals surface area contributed by atoms with E-state index in [9.17, 15) is 13.2 Å². The third-order valence-corrected chi connectivity index (χ3v) is 6.97. The van der Waals surface area contributed by atoms with Gasteiger partial charge in [-0.2, -0.15) is 13.7 Å². The zero-order valence-corrected chi connectivity index (χ0v) is 16.1. The van der Waals surface area contributed by atoms with E-state index >= 15 is 0 Å². The Kier molecular flexibility index (Phi) is 4.87. The van der Waals surface area contributed by atoms with Crippen molar-refractivity contribution in [3.63, 3.8) is 0 Å². The number of amides is 1. The van der Waals surface area contributed by atoms with Gasteiger partial charge in [0, 0.05) is 44.1 Å². The molecule has 1 aromatic rings. The predicted molar refractivity (Wildman–Crippen MR) is 102 cm³/mol. The van der Waals surface area contributed by atoms with Crippen LogP contribution < -0.4 is 9.21 Å². The highest BCUT2D eigenvalue weighted by Gasteiger charge is 2.42. The van der Waals surface area contributed by atoms with Gasteiger partial charge in [0.15, 0.2) is 6.19 Å². The fraction of sp³-hybridized carbons (Fsp3) is 0.444. The molecule has 1 amide bonds. The van der Waals surface area contributed by atoms with Gasteiger partial charge < -0.3 is 14.5 Å². The van der Waals surface area contributed by atoms with Crippen molar-refractivity contribution in [2.75, 3.05) is 48.6 Å². The van der Waals surface area contributed by atoms with Crippen LogP contribution in [0.2, 0.25) is 0 Å². The number of likely N-dealkylation sites (tertiary alicyclic amines) is 1. The van der Waals surface area contributed by atoms with Crippen LogP contribution in [0.1, 0.15) is 6.42 Å². The molecule has 0 radical (unpaired) electrons. The van der Waals surface area contributed by atoms with E-state index in [-0.39, 0.29) is 6.54 Å². The molecule has 28 heavy (non-hydrogen) atoms. The number of benzene rings is 1. The maximum atomic E-state index is 13.2. The van der Waals surface area contributed by atoms with Crippen molar-refractivity contribution in [2.24, 2.45) is 0 Å². The van der Waals surface area contributed by atoms with Crippen molar-refractivity contribution in [2.45, 2.75) is 12.5 Å². The summed E-state index contributed by atoms with van der Waals surface area (Å²) < 4.78 is 33.9. The summed E-state index contributed by atoms with van der Waals surface area (Å²) in [6.45, 7) is 3.40. The largest absolute Gasteiger partial charge is 0.378 e. The summed E-state index contributed by atoms with van der Waals surface area (Å²) in [4.78, 5) is 16.0. The summed E-state index contributed by atoms with van der Waals surface area (Å²) in [6, 6.07) is 6.69. The first-order chi connectivity index (χ1) is 13.5. The van der Waals surface area contributed by atoms with Crippen LogP contribution in [-0.2, 0) is 19.7 Å². The van der Waals surface area contributed by atoms with Crippen molar-refractivity contribution < 1.29 is 17.9 Å². The topological polar surface area (TPSA) is 97.2 Å². The van der Waals surface area contributed by atoms with Crippen molar-refractivity contribution >= 4 is 27.5 Å². The summed E-state index contributed by atoms with van der Waals surface area (Å²) in [5.41, 5.74) is 1.37. The number of nitrogens with zero attached hydrogens (tertiary/aromatic N) is 5. The molecule has 3 aliphatic heterocycles. The molecule has 3 aliphatic rings. The zero-order valence-electron chi connectivity index (χ0n) is 15.3. The first-order valence-corrected chi connectivity index (χ1v) is 10.5. The Morgan fingerprint density at radius 3 is 2.61 bits per heavy atom. The first kappa shape index (κ1) is 18.6. The number of morpholine rings is 1. The molecular weight excluding hydrogens is 382 g/mol. The van der Waals surface area contributed by atoms with Crippen LogP contribution in [0, 0.1) is 11.5 Å². The second-order valence-electron chi connectivity index (χ2n) is 6.86. The van der Waals surface area contributed by atoms with Gasteiger partial charge in [0.1, 0.15) is 0 Å². The van der Waals surface area contributed by atoms with Gasteiger partial charge in [0.2, 0.25) is 0 Å². The minimum atomic E-state index is -4.08. The molecule has 1 atom stereocenters. The fourth-order valence-corrected chi connectivity index (χ4v) is 5.37. The van der Waals surface area contributed by atoms with Gasteiger partial charge in [-0.1, -0.05) is 6.07 Å². The molecule has 0 saturated carbocycles. The molecule has 4 rings (SSSR count). The van der Waals surface area contributed by atoms with Crippen LogP contribution in [0.3, 0.4) is 0 Å². The van der Waals surface area contributed by atoms with E-state index in [1.54, 1.807) is 18.2 Å². The second kappa shape index (κ2) is 7.33. The Morgan fingerprint density at radius 2 is 1.89 bits per heavy atom. The van der Waals surface area contributed by atoms with Crippen LogP contribution in [0.4, 0.5) is 11.4 Å². The summed E-state index contributed by atoms with van der Waals surface area (Å²) >= 11 is 0. The van der Waals surface area contributed by atoms with Crippen molar-refractivity contribution in [1.82, 2.24) is 9.21 Å². The molecule has 0 N–H and O–H groups in total. The van der Waals surface area contributed by atoms with Gasteiger partial charge >= 0.3 is 10.2 Å². The SMILES string of the molecule is N#CN1CC[C@@H](N2C(=O)C=CN(c3cccc(N4CCOCC4)c3)S2(=O)=O)C1. The first-order valence-electron chi connectivity index (χ1n) is 9.14. The molecule has 2 saturated heterocycles. The number of nitriles is 1. The maximum absolute atomic E-state index is 13.2. The summed E-state index contributed by atoms with van der Waals surface area (Å²) in [6.07, 6.45) is 5.01. The maximum Gasteiger partial charge on any atom is 0.333 e. The van der Waals surface area contributed by atoms with E-state index in [0.29, 0.717) is 31.9 Å².